The number of aliphatic hydroxyl groups is 2. The SMILES string of the molecule is CC1(C)S[C@@H]2[C@H](NC(=O)[C@H](NC(=O)c3ccc(-c4ccc(S(=O)(=O)N(CCO)CCO)cc4)[nH]c3=O)c3ccc(O)cc3)C(=O)N2[C@H]1C(=O)O.[NaH]. The van der Waals surface area contributed by atoms with Crippen molar-refractivity contribution >= 4 is 75.0 Å². The fourth-order valence-electron chi connectivity index (χ4n) is 5.91. The molecule has 3 aromatic rings. The van der Waals surface area contributed by atoms with Gasteiger partial charge in [0, 0.05) is 23.5 Å². The number of rotatable bonds is 13. The van der Waals surface area contributed by atoms with Crippen LogP contribution in [0.2, 0.25) is 0 Å². The van der Waals surface area contributed by atoms with Crippen molar-refractivity contribution in [1.82, 2.24) is 24.8 Å². The molecule has 2 aliphatic heterocycles. The molecule has 3 heterocycles. The number of fused-ring (bicyclic) bond motifs is 1. The summed E-state index contributed by atoms with van der Waals surface area (Å²) in [5, 5.41) is 42.4. The number of amides is 3. The van der Waals surface area contributed by atoms with Gasteiger partial charge in [-0.2, -0.15) is 4.31 Å². The van der Waals surface area contributed by atoms with Crippen molar-refractivity contribution in [2.24, 2.45) is 0 Å². The summed E-state index contributed by atoms with van der Waals surface area (Å²) >= 11 is 1.23. The van der Waals surface area contributed by atoms with Gasteiger partial charge < -0.3 is 40.9 Å². The number of aliphatic carboxylic acids is 1. The molecule has 5 rings (SSSR count). The van der Waals surface area contributed by atoms with Crippen molar-refractivity contribution in [3.63, 3.8) is 0 Å². The number of hydrogen-bond acceptors (Lipinski definition) is 11. The average Bonchev–Trinajstić information content (AvgIpc) is 3.33. The third-order valence-electron chi connectivity index (χ3n) is 8.39. The van der Waals surface area contributed by atoms with Crippen LogP contribution in [0.1, 0.15) is 35.8 Å². The number of carboxylic acids is 1. The number of benzene rings is 2. The zero-order valence-electron chi connectivity index (χ0n) is 26.8. The molecule has 51 heavy (non-hydrogen) atoms. The Balaban J connectivity index is 0.00000583. The van der Waals surface area contributed by atoms with Gasteiger partial charge in [-0.15, -0.1) is 11.8 Å². The van der Waals surface area contributed by atoms with Gasteiger partial charge >= 0.3 is 35.5 Å². The second-order valence-corrected chi connectivity index (χ2v) is 15.8. The van der Waals surface area contributed by atoms with Crippen molar-refractivity contribution < 1.29 is 48.0 Å². The van der Waals surface area contributed by atoms with Crippen molar-refractivity contribution in [2.45, 2.75) is 47.0 Å². The summed E-state index contributed by atoms with van der Waals surface area (Å²) in [6.07, 6.45) is 0. The number of aromatic nitrogens is 1. The molecule has 7 N–H and O–H groups in total. The molecule has 0 bridgehead atoms. The molecule has 2 aromatic carbocycles. The molecule has 0 spiro atoms. The molecular formula is C32H36N5NaO11S2. The number of aromatic amines is 1. The third kappa shape index (κ3) is 8.02. The predicted molar refractivity (Wildman–Crippen MR) is 187 cm³/mol. The normalized spacial score (nSPS) is 19.7. The standard InChI is InChI=1S/C32H35N5O11S2.Na.H/c1-32(2)25(31(45)46)37-29(44)24(30(37)49-32)35-28(43)23(18-3-7-19(40)8-4-18)34-27(42)21-11-12-22(33-26(21)41)17-5-9-20(10-6-17)50(47,48)36(13-15-38)14-16-39;;/h3-12,23-25,30,38-40H,13-16H2,1-2H3,(H,33,41)(H,34,42)(H,35,43)(H,45,46);;/t23-,24-,25+,30-;;/m1../s1. The topological polar surface area (TPSA) is 247 Å². The number of β-lactam (4-membered cyclic amide) rings is 1. The number of carbonyl (C=O) groups is 4. The first-order valence-corrected chi connectivity index (χ1v) is 17.6. The molecule has 2 fully saturated rings. The number of nitrogens with one attached hydrogen (secondary N) is 3. The van der Waals surface area contributed by atoms with Gasteiger partial charge in [-0.05, 0) is 61.4 Å². The Hall–Kier alpha value is -3.75. The Morgan fingerprint density at radius 2 is 1.59 bits per heavy atom. The summed E-state index contributed by atoms with van der Waals surface area (Å²) in [6.45, 7) is 2.09. The molecule has 0 saturated carbocycles. The molecule has 4 atom stereocenters. The number of phenols is 1. The van der Waals surface area contributed by atoms with Crippen LogP contribution in [0.4, 0.5) is 0 Å². The minimum absolute atomic E-state index is 0. The van der Waals surface area contributed by atoms with Crippen LogP contribution in [-0.2, 0) is 24.4 Å². The van der Waals surface area contributed by atoms with Crippen LogP contribution in [0.5, 0.6) is 5.75 Å². The molecule has 2 aliphatic rings. The molecular weight excluding hydrogens is 718 g/mol. The monoisotopic (exact) mass is 753 g/mol. The molecule has 3 amide bonds. The van der Waals surface area contributed by atoms with Gasteiger partial charge in [0.15, 0.2) is 0 Å². The number of pyridine rings is 1. The number of thioether (sulfide) groups is 1. The predicted octanol–water partition coefficient (Wildman–Crippen LogP) is -0.823. The van der Waals surface area contributed by atoms with Gasteiger partial charge in [0.05, 0.1) is 18.1 Å². The summed E-state index contributed by atoms with van der Waals surface area (Å²) in [5.74, 6) is -3.62. The Bertz CT molecular complexity index is 1970. The number of hydrogen-bond donors (Lipinski definition) is 7. The van der Waals surface area contributed by atoms with Crippen LogP contribution >= 0.6 is 11.8 Å². The molecule has 0 radical (unpaired) electrons. The van der Waals surface area contributed by atoms with Crippen LogP contribution in [0, 0.1) is 0 Å². The van der Waals surface area contributed by atoms with E-state index in [1.54, 1.807) is 13.8 Å². The quantitative estimate of drug-likeness (QED) is 0.0836. The van der Waals surface area contributed by atoms with Crippen LogP contribution in [0.3, 0.4) is 0 Å². The Kier molecular flexibility index (Phi) is 12.5. The molecule has 268 valence electrons. The zero-order valence-corrected chi connectivity index (χ0v) is 28.4. The van der Waals surface area contributed by atoms with E-state index in [4.69, 9.17) is 0 Å². The maximum atomic E-state index is 13.6. The number of sulfonamides is 1. The van der Waals surface area contributed by atoms with Crippen molar-refractivity contribution in [3.8, 4) is 17.0 Å². The van der Waals surface area contributed by atoms with Crippen LogP contribution in [0.15, 0.2) is 70.4 Å². The van der Waals surface area contributed by atoms with E-state index >= 15 is 0 Å². The first-order valence-electron chi connectivity index (χ1n) is 15.3. The Labute approximate surface area is 318 Å². The summed E-state index contributed by atoms with van der Waals surface area (Å²) in [7, 11) is -4.02. The third-order valence-corrected chi connectivity index (χ3v) is 11.9. The van der Waals surface area contributed by atoms with Crippen molar-refractivity contribution in [1.29, 1.82) is 0 Å². The number of H-pyrrole nitrogens is 1. The van der Waals surface area contributed by atoms with Gasteiger partial charge in [0.25, 0.3) is 11.5 Å². The molecule has 0 unspecified atom stereocenters. The summed E-state index contributed by atoms with van der Waals surface area (Å²) in [4.78, 5) is 68.6. The number of aliphatic hydroxyl groups excluding tert-OH is 2. The molecule has 0 aliphatic carbocycles. The van der Waals surface area contributed by atoms with E-state index in [1.807, 2.05) is 0 Å². The first kappa shape index (κ1) is 40.0. The fraction of sp³-hybridized carbons (Fsp3) is 0.344. The number of carboxylic acid groups (broad SMARTS) is 1. The second-order valence-electron chi connectivity index (χ2n) is 12.1. The fourth-order valence-corrected chi connectivity index (χ4v) is 8.96. The Morgan fingerprint density at radius 1 is 0.980 bits per heavy atom. The van der Waals surface area contributed by atoms with E-state index in [1.165, 1.54) is 77.3 Å². The van der Waals surface area contributed by atoms with Crippen molar-refractivity contribution in [3.05, 3.63) is 82.1 Å². The maximum absolute atomic E-state index is 13.6. The summed E-state index contributed by atoms with van der Waals surface area (Å²) < 4.78 is 25.9. The minimum atomic E-state index is -4.02. The average molecular weight is 754 g/mol. The Morgan fingerprint density at radius 3 is 2.14 bits per heavy atom. The van der Waals surface area contributed by atoms with Gasteiger partial charge in [0.1, 0.15) is 34.8 Å². The molecule has 2 saturated heterocycles. The first-order chi connectivity index (χ1) is 23.6. The van der Waals surface area contributed by atoms with E-state index in [0.29, 0.717) is 5.56 Å². The van der Waals surface area contributed by atoms with Gasteiger partial charge in [0.2, 0.25) is 21.8 Å². The number of aromatic hydroxyl groups is 1. The summed E-state index contributed by atoms with van der Waals surface area (Å²) in [5.41, 5.74) is -0.318. The van der Waals surface area contributed by atoms with E-state index in [0.717, 1.165) is 4.31 Å². The van der Waals surface area contributed by atoms with E-state index < -0.39 is 80.7 Å². The van der Waals surface area contributed by atoms with Gasteiger partial charge in [-0.25, -0.2) is 13.2 Å². The summed E-state index contributed by atoms with van der Waals surface area (Å²) in [6, 6.07) is 9.86. The van der Waals surface area contributed by atoms with Crippen LogP contribution < -0.4 is 16.2 Å². The number of carbonyl (C=O) groups excluding carboxylic acids is 3. The van der Waals surface area contributed by atoms with Crippen LogP contribution in [0.25, 0.3) is 11.3 Å². The molecule has 19 heteroatoms. The van der Waals surface area contributed by atoms with Crippen LogP contribution in [-0.4, -0.2) is 145 Å². The van der Waals surface area contributed by atoms with Gasteiger partial charge in [-0.3, -0.25) is 19.2 Å². The zero-order chi connectivity index (χ0) is 36.5. The van der Waals surface area contributed by atoms with E-state index in [2.05, 4.69) is 15.6 Å². The molecule has 16 nitrogen and oxygen atoms in total. The van der Waals surface area contributed by atoms with E-state index in [-0.39, 0.29) is 70.1 Å². The number of phenolic OH excluding ortho intramolecular Hbond substituents is 1. The second kappa shape index (κ2) is 15.9. The number of nitrogens with zero attached hydrogens (tertiary/aromatic N) is 2. The van der Waals surface area contributed by atoms with Crippen molar-refractivity contribution in [2.75, 3.05) is 26.3 Å². The van der Waals surface area contributed by atoms with Gasteiger partial charge in [-0.1, -0.05) is 24.3 Å². The molecule has 1 aromatic heterocycles. The van der Waals surface area contributed by atoms with E-state index in [9.17, 15) is 52.8 Å².